The zero-order valence-corrected chi connectivity index (χ0v) is 11.2. The van der Waals surface area contributed by atoms with Crippen molar-refractivity contribution in [2.24, 2.45) is 0 Å². The van der Waals surface area contributed by atoms with E-state index in [1.165, 1.54) is 16.8 Å². The number of pyridine rings is 1. The highest BCUT2D eigenvalue weighted by Gasteiger charge is 2.11. The molecule has 0 spiro atoms. The highest BCUT2D eigenvalue weighted by Crippen LogP contribution is 2.11. The van der Waals surface area contributed by atoms with E-state index in [0.717, 1.165) is 0 Å². The first-order chi connectivity index (χ1) is 9.11. The summed E-state index contributed by atoms with van der Waals surface area (Å²) >= 11 is 0. The number of carbonyl (C=O) groups is 1. The van der Waals surface area contributed by atoms with Crippen LogP contribution in [0.1, 0.15) is 36.8 Å². The number of nitrogens with one attached hydrogen (secondary N) is 1. The molecule has 0 aliphatic carbocycles. The van der Waals surface area contributed by atoms with Crippen LogP contribution < -0.4 is 5.56 Å². The first kappa shape index (κ1) is 14.7. The van der Waals surface area contributed by atoms with Gasteiger partial charge in [-0.3, -0.25) is 9.89 Å². The fraction of sp³-hybridized carbons (Fsp3) is 0.308. The van der Waals surface area contributed by atoms with Crippen molar-refractivity contribution >= 4 is 5.97 Å². The van der Waals surface area contributed by atoms with E-state index in [4.69, 9.17) is 5.11 Å². The van der Waals surface area contributed by atoms with E-state index in [2.05, 4.69) is 10.1 Å². The molecular formula is C13H17N3O3. The van der Waals surface area contributed by atoms with Crippen LogP contribution in [0.4, 0.5) is 0 Å². The molecule has 2 heterocycles. The van der Waals surface area contributed by atoms with Crippen LogP contribution in [0.5, 0.6) is 0 Å². The van der Waals surface area contributed by atoms with Crippen LogP contribution in [-0.4, -0.2) is 25.8 Å². The van der Waals surface area contributed by atoms with Crippen LogP contribution >= 0.6 is 0 Å². The molecule has 0 saturated heterocycles. The minimum atomic E-state index is -0.998. The molecule has 102 valence electrons. The van der Waals surface area contributed by atoms with Crippen molar-refractivity contribution in [3.8, 4) is 5.82 Å². The number of nitrogens with zero attached hydrogens (tertiary/aromatic N) is 2. The van der Waals surface area contributed by atoms with Crippen molar-refractivity contribution in [3.05, 3.63) is 46.0 Å². The molecule has 6 heteroatoms. The summed E-state index contributed by atoms with van der Waals surface area (Å²) in [5.41, 5.74) is 0.447. The summed E-state index contributed by atoms with van der Waals surface area (Å²) in [5.74, 6) is -0.504. The SMILES string of the molecule is CC.CCc1nc(-n2ccc(=O)[nH]2)ccc1C(=O)O. The Hall–Kier alpha value is -2.37. The Morgan fingerprint density at radius 1 is 1.37 bits per heavy atom. The van der Waals surface area contributed by atoms with E-state index >= 15 is 0 Å². The predicted octanol–water partition coefficient (Wildman–Crippen LogP) is 1.85. The van der Waals surface area contributed by atoms with Gasteiger partial charge in [0.25, 0.3) is 5.56 Å². The zero-order valence-electron chi connectivity index (χ0n) is 11.2. The standard InChI is InChI=1S/C11H11N3O3.C2H6/c1-2-8-7(11(16)17)3-4-9(12-8)14-6-5-10(15)13-14;1-2/h3-6H,2H2,1H3,(H,13,15)(H,16,17);1-2H3. The molecule has 0 aliphatic heterocycles. The Morgan fingerprint density at radius 3 is 2.53 bits per heavy atom. The molecular weight excluding hydrogens is 246 g/mol. The second kappa shape index (κ2) is 6.53. The number of rotatable bonds is 3. The number of aromatic nitrogens is 3. The van der Waals surface area contributed by atoms with Crippen molar-refractivity contribution in [2.45, 2.75) is 27.2 Å². The lowest BCUT2D eigenvalue weighted by atomic mass is 10.1. The molecule has 0 radical (unpaired) electrons. The molecule has 2 rings (SSSR count). The second-order valence-corrected chi connectivity index (χ2v) is 3.48. The minimum absolute atomic E-state index is 0.186. The topological polar surface area (TPSA) is 88.0 Å². The molecule has 2 aromatic heterocycles. The molecule has 0 atom stereocenters. The van der Waals surface area contributed by atoms with Gasteiger partial charge in [-0.15, -0.1) is 0 Å². The van der Waals surface area contributed by atoms with Crippen molar-refractivity contribution < 1.29 is 9.90 Å². The van der Waals surface area contributed by atoms with Gasteiger partial charge in [-0.2, -0.15) is 0 Å². The van der Waals surface area contributed by atoms with Crippen LogP contribution in [-0.2, 0) is 6.42 Å². The first-order valence-electron chi connectivity index (χ1n) is 6.13. The first-order valence-corrected chi connectivity index (χ1v) is 6.13. The summed E-state index contributed by atoms with van der Waals surface area (Å²) in [6.45, 7) is 5.83. The van der Waals surface area contributed by atoms with Crippen molar-refractivity contribution in [1.29, 1.82) is 0 Å². The van der Waals surface area contributed by atoms with E-state index < -0.39 is 5.97 Å². The van der Waals surface area contributed by atoms with Gasteiger partial charge in [0, 0.05) is 12.3 Å². The molecule has 2 N–H and O–H groups in total. The number of aromatic carboxylic acids is 1. The highest BCUT2D eigenvalue weighted by atomic mass is 16.4. The maximum Gasteiger partial charge on any atom is 0.337 e. The van der Waals surface area contributed by atoms with E-state index in [1.807, 2.05) is 20.8 Å². The molecule has 0 aromatic carbocycles. The summed E-state index contributed by atoms with van der Waals surface area (Å²) in [6.07, 6.45) is 2.06. The van der Waals surface area contributed by atoms with Gasteiger partial charge in [-0.05, 0) is 18.6 Å². The smallest absolute Gasteiger partial charge is 0.337 e. The Bertz CT molecular complexity index is 614. The second-order valence-electron chi connectivity index (χ2n) is 3.48. The lowest BCUT2D eigenvalue weighted by molar-refractivity contribution is 0.0695. The minimum Gasteiger partial charge on any atom is -0.478 e. The third kappa shape index (κ3) is 3.31. The van der Waals surface area contributed by atoms with Crippen LogP contribution in [0, 0.1) is 0 Å². The molecule has 0 saturated carbocycles. The van der Waals surface area contributed by atoms with Gasteiger partial charge in [0.1, 0.15) is 0 Å². The van der Waals surface area contributed by atoms with Crippen LogP contribution in [0.25, 0.3) is 5.82 Å². The normalized spacial score (nSPS) is 9.63. The third-order valence-electron chi connectivity index (χ3n) is 2.38. The molecule has 6 nitrogen and oxygen atoms in total. The summed E-state index contributed by atoms with van der Waals surface area (Å²) in [5, 5.41) is 11.5. The number of carboxylic acid groups (broad SMARTS) is 1. The molecule has 0 aliphatic rings. The van der Waals surface area contributed by atoms with E-state index in [9.17, 15) is 9.59 Å². The molecule has 0 fully saturated rings. The van der Waals surface area contributed by atoms with Gasteiger partial charge in [-0.25, -0.2) is 14.5 Å². The van der Waals surface area contributed by atoms with Crippen LogP contribution in [0.3, 0.4) is 0 Å². The number of carboxylic acids is 1. The maximum atomic E-state index is 11.0. The van der Waals surface area contributed by atoms with Gasteiger partial charge in [0.15, 0.2) is 5.82 Å². The molecule has 19 heavy (non-hydrogen) atoms. The molecule has 0 amide bonds. The zero-order chi connectivity index (χ0) is 14.4. The van der Waals surface area contributed by atoms with Crippen LogP contribution in [0.2, 0.25) is 0 Å². The number of aryl methyl sites for hydroxylation is 1. The number of hydrogen-bond donors (Lipinski definition) is 2. The lowest BCUT2D eigenvalue weighted by Gasteiger charge is -2.06. The Balaban J connectivity index is 0.000000861. The fourth-order valence-electron chi connectivity index (χ4n) is 1.56. The third-order valence-corrected chi connectivity index (χ3v) is 2.38. The van der Waals surface area contributed by atoms with E-state index in [-0.39, 0.29) is 11.1 Å². The van der Waals surface area contributed by atoms with Gasteiger partial charge in [0.2, 0.25) is 0 Å². The average molecular weight is 263 g/mol. The monoisotopic (exact) mass is 263 g/mol. The Kier molecular flexibility index (Phi) is 5.05. The summed E-state index contributed by atoms with van der Waals surface area (Å²) < 4.78 is 1.45. The Labute approximate surface area is 110 Å². The highest BCUT2D eigenvalue weighted by molar-refractivity contribution is 5.88. The largest absolute Gasteiger partial charge is 0.478 e. The van der Waals surface area contributed by atoms with Crippen molar-refractivity contribution in [1.82, 2.24) is 14.8 Å². The molecule has 0 unspecified atom stereocenters. The summed E-state index contributed by atoms with van der Waals surface area (Å²) in [7, 11) is 0. The van der Waals surface area contributed by atoms with Gasteiger partial charge in [0.05, 0.1) is 11.3 Å². The quantitative estimate of drug-likeness (QED) is 0.884. The van der Waals surface area contributed by atoms with Gasteiger partial charge in [-0.1, -0.05) is 20.8 Å². The van der Waals surface area contributed by atoms with Crippen molar-refractivity contribution in [3.63, 3.8) is 0 Å². The molecule has 0 bridgehead atoms. The predicted molar refractivity (Wildman–Crippen MR) is 71.9 cm³/mol. The van der Waals surface area contributed by atoms with Crippen molar-refractivity contribution in [2.75, 3.05) is 0 Å². The number of aromatic amines is 1. The van der Waals surface area contributed by atoms with Gasteiger partial charge < -0.3 is 5.11 Å². The summed E-state index contributed by atoms with van der Waals surface area (Å²) in [6, 6.07) is 4.42. The maximum absolute atomic E-state index is 11.0. The number of hydrogen-bond acceptors (Lipinski definition) is 3. The number of H-pyrrole nitrogens is 1. The Morgan fingerprint density at radius 2 is 2.05 bits per heavy atom. The summed E-state index contributed by atoms with van der Waals surface area (Å²) in [4.78, 5) is 26.1. The van der Waals surface area contributed by atoms with E-state index in [0.29, 0.717) is 17.9 Å². The lowest BCUT2D eigenvalue weighted by Crippen LogP contribution is -2.09. The van der Waals surface area contributed by atoms with E-state index in [1.54, 1.807) is 12.3 Å². The molecule has 2 aromatic rings. The van der Waals surface area contributed by atoms with Gasteiger partial charge >= 0.3 is 5.97 Å². The average Bonchev–Trinajstić information content (AvgIpc) is 2.87. The van der Waals surface area contributed by atoms with Crippen LogP contribution in [0.15, 0.2) is 29.2 Å². The fourth-order valence-corrected chi connectivity index (χ4v) is 1.56.